The fourth-order valence-corrected chi connectivity index (χ4v) is 2.11. The average molecular weight is 405 g/mol. The molecule has 0 heterocycles. The Labute approximate surface area is 172 Å². The molecule has 2 atom stereocenters. The Morgan fingerprint density at radius 3 is 1.34 bits per heavy atom. The van der Waals surface area contributed by atoms with E-state index in [0.29, 0.717) is 17.5 Å². The topological polar surface area (TPSA) is 115 Å². The molecule has 0 radical (unpaired) electrons. The summed E-state index contributed by atoms with van der Waals surface area (Å²) >= 11 is 0. The molecule has 0 bridgehead atoms. The Balaban J connectivity index is 0.000000408. The summed E-state index contributed by atoms with van der Waals surface area (Å²) in [7, 11) is 0. The third kappa shape index (κ3) is 10.4. The molecule has 6 nitrogen and oxygen atoms in total. The summed E-state index contributed by atoms with van der Waals surface area (Å²) in [6.07, 6.45) is 0.318. The van der Waals surface area contributed by atoms with Gasteiger partial charge in [-0.15, -0.1) is 0 Å². The number of aliphatic hydroxyl groups is 2. The van der Waals surface area contributed by atoms with Crippen LogP contribution in [0, 0.1) is 5.41 Å². The van der Waals surface area contributed by atoms with Crippen molar-refractivity contribution in [1.82, 2.24) is 0 Å². The van der Waals surface area contributed by atoms with E-state index in [1.807, 2.05) is 27.7 Å². The first-order chi connectivity index (χ1) is 13.6. The van der Waals surface area contributed by atoms with Crippen molar-refractivity contribution in [3.8, 4) is 0 Å². The number of rotatable bonds is 6. The van der Waals surface area contributed by atoms with E-state index in [2.05, 4.69) is 0 Å². The molecule has 2 rings (SSSR count). The molecule has 0 aliphatic carbocycles. The van der Waals surface area contributed by atoms with Gasteiger partial charge in [-0.25, -0.2) is 9.59 Å². The summed E-state index contributed by atoms with van der Waals surface area (Å²) in [5.41, 5.74) is 0.491. The third-order valence-corrected chi connectivity index (χ3v) is 4.54. The minimum absolute atomic E-state index is 0.171. The van der Waals surface area contributed by atoms with Crippen LogP contribution in [0.4, 0.5) is 0 Å². The van der Waals surface area contributed by atoms with Crippen molar-refractivity contribution in [3.05, 3.63) is 71.8 Å². The zero-order valence-corrected chi connectivity index (χ0v) is 17.4. The number of hydrogen-bond donors (Lipinski definition) is 4. The second-order valence-corrected chi connectivity index (χ2v) is 7.10. The molecule has 29 heavy (non-hydrogen) atoms. The number of aromatic carboxylic acids is 2. The van der Waals surface area contributed by atoms with Crippen molar-refractivity contribution in [2.45, 2.75) is 52.7 Å². The Hall–Kier alpha value is -2.70. The first kappa shape index (κ1) is 26.3. The lowest BCUT2D eigenvalue weighted by Gasteiger charge is -2.32. The van der Waals surface area contributed by atoms with Gasteiger partial charge < -0.3 is 20.4 Å². The highest BCUT2D eigenvalue weighted by Gasteiger charge is 2.30. The van der Waals surface area contributed by atoms with Crippen LogP contribution in [0.2, 0.25) is 0 Å². The van der Waals surface area contributed by atoms with Crippen LogP contribution in [-0.2, 0) is 0 Å². The van der Waals surface area contributed by atoms with Gasteiger partial charge in [-0.3, -0.25) is 0 Å². The number of carbonyl (C=O) groups is 2. The lowest BCUT2D eigenvalue weighted by Crippen LogP contribution is -2.38. The number of hydrogen-bond acceptors (Lipinski definition) is 4. The van der Waals surface area contributed by atoms with Crippen LogP contribution in [-0.4, -0.2) is 44.6 Å². The second-order valence-electron chi connectivity index (χ2n) is 7.10. The van der Waals surface area contributed by atoms with Gasteiger partial charge in [0.2, 0.25) is 0 Å². The minimum Gasteiger partial charge on any atom is -0.478 e. The van der Waals surface area contributed by atoms with Gasteiger partial charge in [-0.05, 0) is 42.5 Å². The highest BCUT2D eigenvalue weighted by atomic mass is 16.4. The Bertz CT molecular complexity index is 663. The summed E-state index contributed by atoms with van der Waals surface area (Å²) < 4.78 is 0. The normalized spacial score (nSPS) is 12.3. The van der Waals surface area contributed by atoms with Crippen molar-refractivity contribution in [3.63, 3.8) is 0 Å². The van der Waals surface area contributed by atoms with Crippen LogP contribution >= 0.6 is 0 Å². The lowest BCUT2D eigenvalue weighted by molar-refractivity contribution is -0.0537. The summed E-state index contributed by atoms with van der Waals surface area (Å²) in [4.78, 5) is 20.4. The fraction of sp³-hybridized carbons (Fsp3) is 0.391. The largest absolute Gasteiger partial charge is 0.478 e. The molecule has 4 N–H and O–H groups in total. The second kappa shape index (κ2) is 13.5. The van der Waals surface area contributed by atoms with Crippen molar-refractivity contribution >= 4 is 11.9 Å². The van der Waals surface area contributed by atoms with E-state index >= 15 is 0 Å². The molecule has 0 saturated heterocycles. The van der Waals surface area contributed by atoms with Crippen LogP contribution in [0.5, 0.6) is 0 Å². The number of aliphatic hydroxyl groups excluding tert-OH is 2. The molecule has 0 aromatic heterocycles. The van der Waals surface area contributed by atoms with Crippen molar-refractivity contribution in [2.24, 2.45) is 5.41 Å². The van der Waals surface area contributed by atoms with Crippen molar-refractivity contribution in [1.29, 1.82) is 0 Å². The Kier molecular flexibility index (Phi) is 12.2. The maximum Gasteiger partial charge on any atom is 0.335 e. The van der Waals surface area contributed by atoms with Gasteiger partial charge in [0.1, 0.15) is 0 Å². The summed E-state index contributed by atoms with van der Waals surface area (Å²) in [6.45, 7) is 7.83. The van der Waals surface area contributed by atoms with Crippen molar-refractivity contribution in [2.75, 3.05) is 0 Å². The van der Waals surface area contributed by atoms with E-state index in [-0.39, 0.29) is 5.41 Å². The molecule has 0 saturated carbocycles. The van der Waals surface area contributed by atoms with Crippen molar-refractivity contribution < 1.29 is 30.0 Å². The number of carboxylic acids is 2. The molecule has 0 spiro atoms. The van der Waals surface area contributed by atoms with Crippen LogP contribution in [0.25, 0.3) is 0 Å². The maximum atomic E-state index is 10.2. The highest BCUT2D eigenvalue weighted by Crippen LogP contribution is 2.27. The van der Waals surface area contributed by atoms with Gasteiger partial charge in [-0.1, -0.05) is 64.1 Å². The van der Waals surface area contributed by atoms with Crippen LogP contribution in [0.1, 0.15) is 61.3 Å². The molecule has 2 unspecified atom stereocenters. The minimum atomic E-state index is -0.879. The Morgan fingerprint density at radius 1 is 0.793 bits per heavy atom. The highest BCUT2D eigenvalue weighted by molar-refractivity contribution is 5.87. The molecule has 2 aromatic rings. The molecule has 2 aromatic carbocycles. The Morgan fingerprint density at radius 2 is 1.14 bits per heavy atom. The zero-order chi connectivity index (χ0) is 22.4. The van der Waals surface area contributed by atoms with Gasteiger partial charge in [-0.2, -0.15) is 0 Å². The average Bonchev–Trinajstić information content (AvgIpc) is 2.74. The number of benzene rings is 2. The molecule has 0 amide bonds. The van der Waals surface area contributed by atoms with E-state index in [9.17, 15) is 19.8 Å². The first-order valence-corrected chi connectivity index (χ1v) is 9.49. The van der Waals surface area contributed by atoms with Crippen LogP contribution in [0.15, 0.2) is 60.7 Å². The molecule has 160 valence electrons. The predicted molar refractivity (Wildman–Crippen MR) is 113 cm³/mol. The van der Waals surface area contributed by atoms with E-state index in [0.717, 1.165) is 6.42 Å². The fourth-order valence-electron chi connectivity index (χ4n) is 2.11. The van der Waals surface area contributed by atoms with E-state index in [1.54, 1.807) is 60.7 Å². The summed E-state index contributed by atoms with van der Waals surface area (Å²) in [5.74, 6) is -1.76. The van der Waals surface area contributed by atoms with Gasteiger partial charge in [0, 0.05) is 0 Å². The van der Waals surface area contributed by atoms with Crippen LogP contribution < -0.4 is 0 Å². The maximum absolute atomic E-state index is 10.2. The predicted octanol–water partition coefficient (Wildman–Crippen LogP) is 4.32. The standard InChI is InChI=1S/C9H20O2.2C7H6O2/c1-5-7(10)8(11)9(3,4)6-2;2*8-7(9)6-4-2-1-3-5-6/h7-8,10-11H,5-6H2,1-4H3;2*1-5H,(H,8,9). The monoisotopic (exact) mass is 404 g/mol. The molecule has 0 aliphatic rings. The third-order valence-electron chi connectivity index (χ3n) is 4.54. The molecule has 0 fully saturated rings. The first-order valence-electron chi connectivity index (χ1n) is 9.49. The van der Waals surface area contributed by atoms with E-state index in [4.69, 9.17) is 10.2 Å². The van der Waals surface area contributed by atoms with Gasteiger partial charge >= 0.3 is 11.9 Å². The molecule has 6 heteroatoms. The van der Waals surface area contributed by atoms with Gasteiger partial charge in [0.25, 0.3) is 0 Å². The SMILES string of the molecule is CCC(O)C(O)C(C)(C)CC.O=C(O)c1ccccc1.O=C(O)c1ccccc1. The lowest BCUT2D eigenvalue weighted by atomic mass is 9.81. The molecule has 0 aliphatic heterocycles. The number of carboxylic acid groups (broad SMARTS) is 2. The van der Waals surface area contributed by atoms with E-state index < -0.39 is 24.1 Å². The smallest absolute Gasteiger partial charge is 0.335 e. The zero-order valence-electron chi connectivity index (χ0n) is 17.4. The summed E-state index contributed by atoms with van der Waals surface area (Å²) in [6, 6.07) is 16.6. The van der Waals surface area contributed by atoms with Gasteiger partial charge in [0.15, 0.2) is 0 Å². The molecular formula is C23H32O6. The molecular weight excluding hydrogens is 372 g/mol. The van der Waals surface area contributed by atoms with Gasteiger partial charge in [0.05, 0.1) is 23.3 Å². The summed E-state index contributed by atoms with van der Waals surface area (Å²) in [5, 5.41) is 35.7. The van der Waals surface area contributed by atoms with Crippen LogP contribution in [0.3, 0.4) is 0 Å². The van der Waals surface area contributed by atoms with E-state index in [1.165, 1.54) is 0 Å². The quantitative estimate of drug-likeness (QED) is 0.570.